The summed E-state index contributed by atoms with van der Waals surface area (Å²) in [7, 11) is 0. The molecule has 0 saturated carbocycles. The van der Waals surface area contributed by atoms with Crippen molar-refractivity contribution in [2.45, 2.75) is 40.3 Å². The minimum atomic E-state index is -0.345. The maximum Gasteiger partial charge on any atom is 0.235 e. The fraction of sp³-hybridized carbons (Fsp3) is 0.538. The van der Waals surface area contributed by atoms with Crippen LogP contribution in [0.5, 0.6) is 0 Å². The van der Waals surface area contributed by atoms with Gasteiger partial charge in [0.2, 0.25) is 5.91 Å². The van der Waals surface area contributed by atoms with Gasteiger partial charge in [0.1, 0.15) is 0 Å². The second-order valence-electron chi connectivity index (χ2n) is 5.33. The summed E-state index contributed by atoms with van der Waals surface area (Å²) in [5, 5.41) is 3.20. The summed E-state index contributed by atoms with van der Waals surface area (Å²) < 4.78 is 0. The van der Waals surface area contributed by atoms with E-state index in [1.165, 1.54) is 0 Å². The Kier molecular flexibility index (Phi) is 4.23. The zero-order valence-corrected chi connectivity index (χ0v) is 10.9. The van der Waals surface area contributed by atoms with Crippen molar-refractivity contribution in [3.63, 3.8) is 0 Å². The summed E-state index contributed by atoms with van der Waals surface area (Å²) in [6.45, 7) is 8.53. The van der Waals surface area contributed by atoms with E-state index in [2.05, 4.69) is 10.3 Å². The average molecular weight is 235 g/mol. The van der Waals surface area contributed by atoms with E-state index >= 15 is 0 Å². The molecule has 1 rings (SSSR count). The fourth-order valence-corrected chi connectivity index (χ4v) is 1.75. The van der Waals surface area contributed by atoms with Crippen LogP contribution in [0.1, 0.15) is 32.0 Å². The minimum Gasteiger partial charge on any atom is -0.368 e. The monoisotopic (exact) mass is 235 g/mol. The SMILES string of the molecule is Cc1ncccc1CNC(C(N)=O)C(C)(C)C. The van der Waals surface area contributed by atoms with E-state index in [1.54, 1.807) is 6.20 Å². The average Bonchev–Trinajstić information content (AvgIpc) is 2.18. The summed E-state index contributed by atoms with van der Waals surface area (Å²) in [5.41, 5.74) is 7.27. The van der Waals surface area contributed by atoms with Crippen molar-refractivity contribution in [3.8, 4) is 0 Å². The summed E-state index contributed by atoms with van der Waals surface area (Å²) >= 11 is 0. The van der Waals surface area contributed by atoms with Gasteiger partial charge >= 0.3 is 0 Å². The van der Waals surface area contributed by atoms with E-state index in [4.69, 9.17) is 5.73 Å². The van der Waals surface area contributed by atoms with Crippen molar-refractivity contribution >= 4 is 5.91 Å². The van der Waals surface area contributed by atoms with E-state index in [-0.39, 0.29) is 17.4 Å². The highest BCUT2D eigenvalue weighted by molar-refractivity contribution is 5.80. The first-order valence-electron chi connectivity index (χ1n) is 5.75. The van der Waals surface area contributed by atoms with Crippen LogP contribution in [-0.4, -0.2) is 16.9 Å². The van der Waals surface area contributed by atoms with E-state index < -0.39 is 0 Å². The molecule has 0 saturated heterocycles. The molecule has 1 atom stereocenters. The van der Waals surface area contributed by atoms with Crippen molar-refractivity contribution in [2.24, 2.45) is 11.1 Å². The maximum absolute atomic E-state index is 11.4. The van der Waals surface area contributed by atoms with E-state index in [0.29, 0.717) is 6.54 Å². The lowest BCUT2D eigenvalue weighted by atomic mass is 9.86. The summed E-state index contributed by atoms with van der Waals surface area (Å²) in [5.74, 6) is -0.320. The van der Waals surface area contributed by atoms with Crippen LogP contribution in [0.3, 0.4) is 0 Å². The molecule has 0 fully saturated rings. The third-order valence-electron chi connectivity index (χ3n) is 2.76. The van der Waals surface area contributed by atoms with Crippen LogP contribution in [0, 0.1) is 12.3 Å². The van der Waals surface area contributed by atoms with Crippen LogP contribution >= 0.6 is 0 Å². The Balaban J connectivity index is 2.72. The van der Waals surface area contributed by atoms with Crippen LogP contribution in [0.2, 0.25) is 0 Å². The Morgan fingerprint density at radius 2 is 2.18 bits per heavy atom. The van der Waals surface area contributed by atoms with Gasteiger partial charge < -0.3 is 11.1 Å². The number of aromatic nitrogens is 1. The molecule has 0 spiro atoms. The normalized spacial score (nSPS) is 13.4. The summed E-state index contributed by atoms with van der Waals surface area (Å²) in [6.07, 6.45) is 1.76. The molecule has 1 aromatic rings. The smallest absolute Gasteiger partial charge is 0.235 e. The molecule has 4 heteroatoms. The first-order valence-corrected chi connectivity index (χ1v) is 5.75. The zero-order valence-electron chi connectivity index (χ0n) is 10.9. The maximum atomic E-state index is 11.4. The molecular formula is C13H21N3O. The number of carbonyl (C=O) groups excluding carboxylic acids is 1. The third-order valence-corrected chi connectivity index (χ3v) is 2.76. The van der Waals surface area contributed by atoms with Gasteiger partial charge in [0.05, 0.1) is 6.04 Å². The highest BCUT2D eigenvalue weighted by Crippen LogP contribution is 2.19. The van der Waals surface area contributed by atoms with Gasteiger partial charge in [-0.15, -0.1) is 0 Å². The van der Waals surface area contributed by atoms with E-state index in [0.717, 1.165) is 11.3 Å². The molecule has 1 unspecified atom stereocenters. The Morgan fingerprint density at radius 3 is 2.65 bits per heavy atom. The van der Waals surface area contributed by atoms with Gasteiger partial charge in [-0.05, 0) is 24.0 Å². The number of amides is 1. The van der Waals surface area contributed by atoms with E-state index in [9.17, 15) is 4.79 Å². The second-order valence-corrected chi connectivity index (χ2v) is 5.33. The molecule has 3 N–H and O–H groups in total. The molecule has 4 nitrogen and oxygen atoms in total. The molecular weight excluding hydrogens is 214 g/mol. The second kappa shape index (κ2) is 5.27. The molecule has 0 aromatic carbocycles. The number of hydrogen-bond donors (Lipinski definition) is 2. The largest absolute Gasteiger partial charge is 0.368 e. The molecule has 1 amide bonds. The number of hydrogen-bond acceptors (Lipinski definition) is 3. The first kappa shape index (κ1) is 13.6. The van der Waals surface area contributed by atoms with E-state index in [1.807, 2.05) is 39.8 Å². The van der Waals surface area contributed by atoms with Crippen LogP contribution in [-0.2, 0) is 11.3 Å². The van der Waals surface area contributed by atoms with Crippen molar-refractivity contribution in [1.29, 1.82) is 0 Å². The van der Waals surface area contributed by atoms with Gasteiger partial charge in [0, 0.05) is 18.4 Å². The summed E-state index contributed by atoms with van der Waals surface area (Å²) in [4.78, 5) is 15.6. The molecule has 1 aromatic heterocycles. The number of nitrogens with zero attached hydrogens (tertiary/aromatic N) is 1. The quantitative estimate of drug-likeness (QED) is 0.828. The summed E-state index contributed by atoms with van der Waals surface area (Å²) in [6, 6.07) is 3.54. The molecule has 0 aliphatic rings. The number of nitrogens with one attached hydrogen (secondary N) is 1. The van der Waals surface area contributed by atoms with Crippen LogP contribution in [0.4, 0.5) is 0 Å². The van der Waals surface area contributed by atoms with Crippen molar-refractivity contribution in [2.75, 3.05) is 0 Å². The number of pyridine rings is 1. The predicted molar refractivity (Wildman–Crippen MR) is 68.3 cm³/mol. The number of nitrogens with two attached hydrogens (primary N) is 1. The molecule has 0 aliphatic carbocycles. The third kappa shape index (κ3) is 3.82. The van der Waals surface area contributed by atoms with Gasteiger partial charge in [-0.3, -0.25) is 9.78 Å². The first-order chi connectivity index (χ1) is 7.82. The zero-order chi connectivity index (χ0) is 13.1. The van der Waals surface area contributed by atoms with Gasteiger partial charge in [-0.25, -0.2) is 0 Å². The molecule has 0 aliphatic heterocycles. The van der Waals surface area contributed by atoms with Crippen molar-refractivity contribution in [1.82, 2.24) is 10.3 Å². The minimum absolute atomic E-state index is 0.193. The predicted octanol–water partition coefficient (Wildman–Crippen LogP) is 1.38. The van der Waals surface area contributed by atoms with Crippen LogP contribution in [0.15, 0.2) is 18.3 Å². The highest BCUT2D eigenvalue weighted by atomic mass is 16.1. The van der Waals surface area contributed by atoms with Gasteiger partial charge in [-0.2, -0.15) is 0 Å². The lowest BCUT2D eigenvalue weighted by molar-refractivity contribution is -0.122. The highest BCUT2D eigenvalue weighted by Gasteiger charge is 2.28. The number of primary amides is 1. The lowest BCUT2D eigenvalue weighted by Crippen LogP contribution is -2.49. The van der Waals surface area contributed by atoms with Crippen LogP contribution < -0.4 is 11.1 Å². The topological polar surface area (TPSA) is 68.0 Å². The fourth-order valence-electron chi connectivity index (χ4n) is 1.75. The molecule has 94 valence electrons. The standard InChI is InChI=1S/C13H21N3O/c1-9-10(6-5-7-15-9)8-16-11(12(14)17)13(2,3)4/h5-7,11,16H,8H2,1-4H3,(H2,14,17). The number of carbonyl (C=O) groups is 1. The number of aryl methyl sites for hydroxylation is 1. The molecule has 0 radical (unpaired) electrons. The van der Waals surface area contributed by atoms with Gasteiger partial charge in [0.15, 0.2) is 0 Å². The Bertz CT molecular complexity index is 396. The number of rotatable bonds is 4. The molecule has 17 heavy (non-hydrogen) atoms. The Morgan fingerprint density at radius 1 is 1.53 bits per heavy atom. The Hall–Kier alpha value is -1.42. The molecule has 0 bridgehead atoms. The lowest BCUT2D eigenvalue weighted by Gasteiger charge is -2.29. The Labute approximate surface area is 103 Å². The van der Waals surface area contributed by atoms with Gasteiger partial charge in [-0.1, -0.05) is 26.8 Å². The van der Waals surface area contributed by atoms with Crippen molar-refractivity contribution in [3.05, 3.63) is 29.6 Å². The van der Waals surface area contributed by atoms with Crippen LogP contribution in [0.25, 0.3) is 0 Å². The molecule has 1 heterocycles. The van der Waals surface area contributed by atoms with Gasteiger partial charge in [0.25, 0.3) is 0 Å². The van der Waals surface area contributed by atoms with Crippen molar-refractivity contribution < 1.29 is 4.79 Å².